The van der Waals surface area contributed by atoms with Crippen LogP contribution in [0, 0.1) is 0 Å². The summed E-state index contributed by atoms with van der Waals surface area (Å²) in [6.45, 7) is 16.5. The zero-order chi connectivity index (χ0) is 28.0. The predicted octanol–water partition coefficient (Wildman–Crippen LogP) is 10.9. The lowest BCUT2D eigenvalue weighted by molar-refractivity contribution is 0.593. The van der Waals surface area contributed by atoms with Gasteiger partial charge in [0.1, 0.15) is 0 Å². The number of hydrogen-bond donors (Lipinski definition) is 0. The summed E-state index contributed by atoms with van der Waals surface area (Å²) in [5, 5.41) is 0. The number of rotatable bonds is 2. The third kappa shape index (κ3) is 3.45. The van der Waals surface area contributed by atoms with Crippen LogP contribution in [0.3, 0.4) is 0 Å². The summed E-state index contributed by atoms with van der Waals surface area (Å²) < 4.78 is 0. The summed E-state index contributed by atoms with van der Waals surface area (Å²) in [5.41, 5.74) is 17.8. The number of hydrogen-bond acceptors (Lipinski definition) is 0. The van der Waals surface area contributed by atoms with Crippen molar-refractivity contribution < 1.29 is 0 Å². The van der Waals surface area contributed by atoms with Crippen molar-refractivity contribution in [2.75, 3.05) is 0 Å². The minimum Gasteiger partial charge on any atom is -0.0619 e. The molecule has 198 valence electrons. The first-order chi connectivity index (χ1) is 19.0. The highest BCUT2D eigenvalue weighted by molar-refractivity contribution is 5.88. The largest absolute Gasteiger partial charge is 0.0619 e. The van der Waals surface area contributed by atoms with Gasteiger partial charge in [-0.25, -0.2) is 0 Å². The Bertz CT molecular complexity index is 1690. The molecule has 7 rings (SSSR count). The smallest absolute Gasteiger partial charge is 0.0159 e. The van der Waals surface area contributed by atoms with Gasteiger partial charge in [-0.15, -0.1) is 0 Å². The summed E-state index contributed by atoms with van der Waals surface area (Å²) in [5.74, 6) is 0. The first kappa shape index (κ1) is 25.1. The zero-order valence-electron chi connectivity index (χ0n) is 24.8. The molecule has 0 saturated heterocycles. The minimum absolute atomic E-state index is 0.0119. The topological polar surface area (TPSA) is 0 Å². The second-order valence-corrected chi connectivity index (χ2v) is 13.8. The molecular formula is C40H38. The Balaban J connectivity index is 1.41. The Morgan fingerprint density at radius 2 is 0.775 bits per heavy atom. The lowest BCUT2D eigenvalue weighted by atomic mass is 9.75. The highest BCUT2D eigenvalue weighted by Gasteiger charge is 2.37. The van der Waals surface area contributed by atoms with Crippen LogP contribution in [0.4, 0.5) is 0 Å². The molecule has 0 heterocycles. The second kappa shape index (κ2) is 8.31. The number of benzene rings is 5. The van der Waals surface area contributed by atoms with Gasteiger partial charge in [0.15, 0.2) is 0 Å². The standard InChI is InChI=1S/C40H38/c1-38(2,3)37-27(25-19-21-31-29-13-8-10-17-33(29)39(4,5)35(31)23-25)15-12-16-28(37)26-20-22-32-30-14-9-11-18-34(30)40(6,7)36(32)24-26/h8-24H,1-7H3. The molecule has 0 unspecified atom stereocenters. The summed E-state index contributed by atoms with van der Waals surface area (Å²) in [4.78, 5) is 0. The van der Waals surface area contributed by atoms with Crippen LogP contribution in [0.1, 0.15) is 76.3 Å². The van der Waals surface area contributed by atoms with Crippen molar-refractivity contribution in [2.45, 2.75) is 64.7 Å². The summed E-state index contributed by atoms with van der Waals surface area (Å²) in [7, 11) is 0. The molecule has 0 spiro atoms. The Kier molecular flexibility index (Phi) is 5.21. The molecule has 40 heavy (non-hydrogen) atoms. The van der Waals surface area contributed by atoms with Crippen molar-refractivity contribution in [1.29, 1.82) is 0 Å². The molecule has 0 aliphatic heterocycles. The Labute approximate surface area is 239 Å². The molecule has 2 aliphatic carbocycles. The second-order valence-electron chi connectivity index (χ2n) is 13.8. The van der Waals surface area contributed by atoms with Crippen LogP contribution in [0.5, 0.6) is 0 Å². The summed E-state index contributed by atoms with van der Waals surface area (Å²) in [6, 6.07) is 39.0. The average Bonchev–Trinajstić information content (AvgIpc) is 3.31. The van der Waals surface area contributed by atoms with Gasteiger partial charge in [-0.1, -0.05) is 139 Å². The molecule has 0 amide bonds. The van der Waals surface area contributed by atoms with Crippen molar-refractivity contribution in [3.8, 4) is 44.5 Å². The van der Waals surface area contributed by atoms with E-state index in [1.165, 1.54) is 72.3 Å². The van der Waals surface area contributed by atoms with Crippen LogP contribution in [-0.2, 0) is 16.2 Å². The van der Waals surface area contributed by atoms with Gasteiger partial charge in [0.2, 0.25) is 0 Å². The van der Waals surface area contributed by atoms with Crippen LogP contribution in [0.15, 0.2) is 103 Å². The van der Waals surface area contributed by atoms with Gasteiger partial charge in [0.25, 0.3) is 0 Å². The van der Waals surface area contributed by atoms with E-state index in [4.69, 9.17) is 0 Å². The van der Waals surface area contributed by atoms with E-state index in [1.54, 1.807) is 0 Å². The van der Waals surface area contributed by atoms with Crippen molar-refractivity contribution in [3.05, 3.63) is 131 Å². The summed E-state index contributed by atoms with van der Waals surface area (Å²) in [6.07, 6.45) is 0. The van der Waals surface area contributed by atoms with E-state index in [0.29, 0.717) is 0 Å². The van der Waals surface area contributed by atoms with E-state index in [0.717, 1.165) is 0 Å². The van der Waals surface area contributed by atoms with Crippen LogP contribution in [0.25, 0.3) is 44.5 Å². The lowest BCUT2D eigenvalue weighted by Gasteiger charge is -2.28. The van der Waals surface area contributed by atoms with E-state index in [2.05, 4.69) is 152 Å². The summed E-state index contributed by atoms with van der Waals surface area (Å²) >= 11 is 0. The molecule has 0 atom stereocenters. The van der Waals surface area contributed by atoms with Crippen molar-refractivity contribution >= 4 is 0 Å². The molecular weight excluding hydrogens is 480 g/mol. The maximum Gasteiger partial charge on any atom is 0.0159 e. The fourth-order valence-electron chi connectivity index (χ4n) is 7.59. The molecule has 0 heteroatoms. The fraction of sp³-hybridized carbons (Fsp3) is 0.250. The quantitative estimate of drug-likeness (QED) is 0.218. The Morgan fingerprint density at radius 1 is 0.400 bits per heavy atom. The SMILES string of the molecule is CC(C)(C)c1c(-c2ccc3c(c2)C(C)(C)c2ccccc2-3)cccc1-c1ccc2c(c1)C(C)(C)c1ccccc1-2. The molecule has 0 radical (unpaired) electrons. The highest BCUT2D eigenvalue weighted by atomic mass is 14.4. The van der Waals surface area contributed by atoms with Gasteiger partial charge in [-0.3, -0.25) is 0 Å². The van der Waals surface area contributed by atoms with Gasteiger partial charge in [-0.2, -0.15) is 0 Å². The monoisotopic (exact) mass is 518 g/mol. The van der Waals surface area contributed by atoms with E-state index < -0.39 is 0 Å². The molecule has 0 saturated carbocycles. The molecule has 0 N–H and O–H groups in total. The van der Waals surface area contributed by atoms with E-state index in [-0.39, 0.29) is 16.2 Å². The van der Waals surface area contributed by atoms with E-state index in [9.17, 15) is 0 Å². The van der Waals surface area contributed by atoms with Crippen LogP contribution in [0.2, 0.25) is 0 Å². The molecule has 2 aliphatic rings. The maximum absolute atomic E-state index is 2.46. The van der Waals surface area contributed by atoms with Gasteiger partial charge >= 0.3 is 0 Å². The molecule has 0 bridgehead atoms. The van der Waals surface area contributed by atoms with E-state index in [1.807, 2.05) is 0 Å². The third-order valence-corrected chi connectivity index (χ3v) is 9.60. The maximum atomic E-state index is 2.46. The average molecular weight is 519 g/mol. The van der Waals surface area contributed by atoms with Crippen LogP contribution < -0.4 is 0 Å². The third-order valence-electron chi connectivity index (χ3n) is 9.60. The Morgan fingerprint density at radius 3 is 1.20 bits per heavy atom. The van der Waals surface area contributed by atoms with Crippen LogP contribution >= 0.6 is 0 Å². The zero-order valence-corrected chi connectivity index (χ0v) is 24.8. The minimum atomic E-state index is -0.0269. The lowest BCUT2D eigenvalue weighted by Crippen LogP contribution is -2.17. The molecule has 5 aromatic rings. The Hall–Kier alpha value is -3.90. The first-order valence-electron chi connectivity index (χ1n) is 14.6. The van der Waals surface area contributed by atoms with Gasteiger partial charge in [0, 0.05) is 10.8 Å². The van der Waals surface area contributed by atoms with Gasteiger partial charge in [-0.05, 0) is 89.9 Å². The number of fused-ring (bicyclic) bond motifs is 6. The first-order valence-corrected chi connectivity index (χ1v) is 14.6. The van der Waals surface area contributed by atoms with Crippen molar-refractivity contribution in [3.63, 3.8) is 0 Å². The van der Waals surface area contributed by atoms with Crippen molar-refractivity contribution in [2.24, 2.45) is 0 Å². The highest BCUT2D eigenvalue weighted by Crippen LogP contribution is 2.52. The molecule has 5 aromatic carbocycles. The predicted molar refractivity (Wildman–Crippen MR) is 171 cm³/mol. The van der Waals surface area contributed by atoms with Crippen molar-refractivity contribution in [1.82, 2.24) is 0 Å². The fourth-order valence-corrected chi connectivity index (χ4v) is 7.59. The van der Waals surface area contributed by atoms with E-state index >= 15 is 0 Å². The normalized spacial score (nSPS) is 15.8. The van der Waals surface area contributed by atoms with Gasteiger partial charge in [0.05, 0.1) is 0 Å². The molecule has 0 aromatic heterocycles. The molecule has 0 fully saturated rings. The molecule has 0 nitrogen and oxygen atoms in total. The van der Waals surface area contributed by atoms with Crippen LogP contribution in [-0.4, -0.2) is 0 Å². The van der Waals surface area contributed by atoms with Gasteiger partial charge < -0.3 is 0 Å².